The Bertz CT molecular complexity index is 664. The standard InChI is InChI=1S/C18H19NO2/c20-18(21)15-8-3-5-13(11-15)12-19-17-10-4-7-14-6-1-2-9-16(14)17/h3-5,7-8,10-11,19H,1-2,6,9,12H2,(H,20,21). The van der Waals surface area contributed by atoms with E-state index >= 15 is 0 Å². The Balaban J connectivity index is 1.76. The summed E-state index contributed by atoms with van der Waals surface area (Å²) in [7, 11) is 0. The maximum absolute atomic E-state index is 11.0. The second kappa shape index (κ2) is 6.00. The monoisotopic (exact) mass is 281 g/mol. The Morgan fingerprint density at radius 1 is 1.10 bits per heavy atom. The molecule has 108 valence electrons. The highest BCUT2D eigenvalue weighted by Crippen LogP contribution is 2.28. The van der Waals surface area contributed by atoms with Crippen LogP contribution >= 0.6 is 0 Å². The molecule has 3 nitrogen and oxygen atoms in total. The molecule has 0 aromatic heterocycles. The third-order valence-electron chi connectivity index (χ3n) is 4.05. The predicted molar refractivity (Wildman–Crippen MR) is 83.8 cm³/mol. The SMILES string of the molecule is O=C(O)c1cccc(CNc2cccc3c2CCCC3)c1. The summed E-state index contributed by atoms with van der Waals surface area (Å²) in [5.74, 6) is -0.881. The van der Waals surface area contributed by atoms with Crippen LogP contribution in [-0.2, 0) is 19.4 Å². The van der Waals surface area contributed by atoms with Crippen molar-refractivity contribution in [2.24, 2.45) is 0 Å². The Hall–Kier alpha value is -2.29. The molecule has 0 saturated heterocycles. The molecule has 0 aliphatic heterocycles. The molecule has 0 saturated carbocycles. The van der Waals surface area contributed by atoms with Gasteiger partial charge in [-0.1, -0.05) is 24.3 Å². The number of anilines is 1. The van der Waals surface area contributed by atoms with Gasteiger partial charge in [0.05, 0.1) is 5.56 Å². The number of fused-ring (bicyclic) bond motifs is 1. The molecular weight excluding hydrogens is 262 g/mol. The van der Waals surface area contributed by atoms with E-state index in [2.05, 4.69) is 23.5 Å². The van der Waals surface area contributed by atoms with Gasteiger partial charge >= 0.3 is 5.97 Å². The van der Waals surface area contributed by atoms with Crippen LogP contribution in [0.25, 0.3) is 0 Å². The molecule has 0 fully saturated rings. The molecule has 2 aromatic carbocycles. The number of hydrogen-bond donors (Lipinski definition) is 2. The van der Waals surface area contributed by atoms with Crippen molar-refractivity contribution in [3.8, 4) is 0 Å². The zero-order valence-electron chi connectivity index (χ0n) is 11.9. The number of rotatable bonds is 4. The summed E-state index contributed by atoms with van der Waals surface area (Å²) < 4.78 is 0. The number of benzene rings is 2. The maximum Gasteiger partial charge on any atom is 0.335 e. The van der Waals surface area contributed by atoms with Crippen molar-refractivity contribution in [1.29, 1.82) is 0 Å². The minimum atomic E-state index is -0.881. The number of aromatic carboxylic acids is 1. The van der Waals surface area contributed by atoms with Crippen LogP contribution in [0.3, 0.4) is 0 Å². The van der Waals surface area contributed by atoms with Gasteiger partial charge in [0.25, 0.3) is 0 Å². The van der Waals surface area contributed by atoms with Crippen LogP contribution in [0.2, 0.25) is 0 Å². The molecule has 0 atom stereocenters. The lowest BCUT2D eigenvalue weighted by Crippen LogP contribution is -2.09. The van der Waals surface area contributed by atoms with Crippen molar-refractivity contribution in [1.82, 2.24) is 0 Å². The molecule has 1 aliphatic rings. The molecule has 2 N–H and O–H groups in total. The molecule has 3 heteroatoms. The molecule has 0 heterocycles. The van der Waals surface area contributed by atoms with Crippen molar-refractivity contribution in [2.75, 3.05) is 5.32 Å². The first kappa shape index (κ1) is 13.7. The van der Waals surface area contributed by atoms with Crippen LogP contribution in [0.15, 0.2) is 42.5 Å². The van der Waals surface area contributed by atoms with Gasteiger partial charge in [-0.15, -0.1) is 0 Å². The van der Waals surface area contributed by atoms with E-state index in [0.29, 0.717) is 12.1 Å². The fourth-order valence-corrected chi connectivity index (χ4v) is 2.96. The Morgan fingerprint density at radius 2 is 1.90 bits per heavy atom. The van der Waals surface area contributed by atoms with Gasteiger partial charge in [-0.2, -0.15) is 0 Å². The number of aryl methyl sites for hydroxylation is 1. The quantitative estimate of drug-likeness (QED) is 0.894. The van der Waals surface area contributed by atoms with E-state index < -0.39 is 5.97 Å². The lowest BCUT2D eigenvalue weighted by atomic mass is 9.90. The van der Waals surface area contributed by atoms with Crippen molar-refractivity contribution in [3.63, 3.8) is 0 Å². The predicted octanol–water partition coefficient (Wildman–Crippen LogP) is 3.88. The summed E-state index contributed by atoms with van der Waals surface area (Å²) in [6, 6.07) is 13.5. The number of hydrogen-bond acceptors (Lipinski definition) is 2. The molecule has 0 radical (unpaired) electrons. The summed E-state index contributed by atoms with van der Waals surface area (Å²) in [5, 5.41) is 12.5. The molecule has 0 spiro atoms. The zero-order chi connectivity index (χ0) is 14.7. The van der Waals surface area contributed by atoms with Crippen LogP contribution in [0.5, 0.6) is 0 Å². The molecule has 0 unspecified atom stereocenters. The van der Waals surface area contributed by atoms with Crippen molar-refractivity contribution < 1.29 is 9.90 Å². The van der Waals surface area contributed by atoms with Gasteiger partial charge in [0.1, 0.15) is 0 Å². The van der Waals surface area contributed by atoms with Crippen LogP contribution in [0.1, 0.15) is 39.9 Å². The van der Waals surface area contributed by atoms with Crippen LogP contribution < -0.4 is 5.32 Å². The van der Waals surface area contributed by atoms with E-state index in [4.69, 9.17) is 5.11 Å². The highest BCUT2D eigenvalue weighted by molar-refractivity contribution is 5.87. The number of carboxylic acids is 1. The fourth-order valence-electron chi connectivity index (χ4n) is 2.96. The summed E-state index contributed by atoms with van der Waals surface area (Å²) in [4.78, 5) is 11.0. The third kappa shape index (κ3) is 3.07. The molecule has 0 bridgehead atoms. The van der Waals surface area contributed by atoms with E-state index in [0.717, 1.165) is 12.0 Å². The van der Waals surface area contributed by atoms with Crippen molar-refractivity contribution >= 4 is 11.7 Å². The lowest BCUT2D eigenvalue weighted by molar-refractivity contribution is 0.0697. The minimum absolute atomic E-state index is 0.337. The fraction of sp³-hybridized carbons (Fsp3) is 0.278. The van der Waals surface area contributed by atoms with E-state index in [9.17, 15) is 4.79 Å². The molecular formula is C18H19NO2. The lowest BCUT2D eigenvalue weighted by Gasteiger charge is -2.20. The average Bonchev–Trinajstić information content (AvgIpc) is 2.53. The molecule has 0 amide bonds. The Labute approximate surface area is 124 Å². The van der Waals surface area contributed by atoms with Crippen LogP contribution in [-0.4, -0.2) is 11.1 Å². The van der Waals surface area contributed by atoms with Gasteiger partial charge in [0.2, 0.25) is 0 Å². The maximum atomic E-state index is 11.0. The second-order valence-corrected chi connectivity index (χ2v) is 5.51. The minimum Gasteiger partial charge on any atom is -0.478 e. The first-order chi connectivity index (χ1) is 10.2. The first-order valence-corrected chi connectivity index (χ1v) is 7.41. The van der Waals surface area contributed by atoms with E-state index in [-0.39, 0.29) is 0 Å². The smallest absolute Gasteiger partial charge is 0.335 e. The van der Waals surface area contributed by atoms with Gasteiger partial charge in [-0.25, -0.2) is 4.79 Å². The van der Waals surface area contributed by atoms with Gasteiger partial charge in [0, 0.05) is 12.2 Å². The van der Waals surface area contributed by atoms with Crippen molar-refractivity contribution in [3.05, 3.63) is 64.7 Å². The zero-order valence-corrected chi connectivity index (χ0v) is 11.9. The van der Waals surface area contributed by atoms with Gasteiger partial charge in [0.15, 0.2) is 0 Å². The molecule has 1 aliphatic carbocycles. The van der Waals surface area contributed by atoms with Gasteiger partial charge in [-0.3, -0.25) is 0 Å². The third-order valence-corrected chi connectivity index (χ3v) is 4.05. The number of carbonyl (C=O) groups is 1. The summed E-state index contributed by atoms with van der Waals surface area (Å²) in [5.41, 5.74) is 5.39. The van der Waals surface area contributed by atoms with Crippen molar-refractivity contribution in [2.45, 2.75) is 32.2 Å². The second-order valence-electron chi connectivity index (χ2n) is 5.51. The van der Waals surface area contributed by atoms with Crippen LogP contribution in [0, 0.1) is 0 Å². The number of carboxylic acid groups (broad SMARTS) is 1. The van der Waals surface area contributed by atoms with Gasteiger partial charge in [-0.05, 0) is 60.6 Å². The molecule has 3 rings (SSSR count). The Morgan fingerprint density at radius 3 is 2.76 bits per heavy atom. The normalized spacial score (nSPS) is 13.5. The average molecular weight is 281 g/mol. The van der Waals surface area contributed by atoms with Gasteiger partial charge < -0.3 is 10.4 Å². The van der Waals surface area contributed by atoms with E-state index in [1.165, 1.54) is 36.1 Å². The highest BCUT2D eigenvalue weighted by Gasteiger charge is 2.12. The summed E-state index contributed by atoms with van der Waals surface area (Å²) in [6.45, 7) is 0.650. The van der Waals surface area contributed by atoms with E-state index in [1.807, 2.05) is 6.07 Å². The topological polar surface area (TPSA) is 49.3 Å². The first-order valence-electron chi connectivity index (χ1n) is 7.41. The van der Waals surface area contributed by atoms with E-state index in [1.54, 1.807) is 18.2 Å². The van der Waals surface area contributed by atoms with Crippen LogP contribution in [0.4, 0.5) is 5.69 Å². The molecule has 2 aromatic rings. The molecule has 21 heavy (non-hydrogen) atoms. The summed E-state index contributed by atoms with van der Waals surface area (Å²) in [6.07, 6.45) is 4.82. The number of nitrogens with one attached hydrogen (secondary N) is 1. The summed E-state index contributed by atoms with van der Waals surface area (Å²) >= 11 is 0. The highest BCUT2D eigenvalue weighted by atomic mass is 16.4. The largest absolute Gasteiger partial charge is 0.478 e. The Kier molecular flexibility index (Phi) is 3.91.